The third-order valence-electron chi connectivity index (χ3n) is 2.65. The molecule has 0 aliphatic rings. The highest BCUT2D eigenvalue weighted by Crippen LogP contribution is 2.27. The summed E-state index contributed by atoms with van der Waals surface area (Å²) in [5.74, 6) is -1.01. The van der Waals surface area contributed by atoms with Gasteiger partial charge in [-0.3, -0.25) is 9.59 Å². The van der Waals surface area contributed by atoms with Gasteiger partial charge in [-0.05, 0) is 25.1 Å². The zero-order valence-corrected chi connectivity index (χ0v) is 11.8. The maximum atomic E-state index is 13.5. The lowest BCUT2D eigenvalue weighted by Crippen LogP contribution is -2.25. The zero-order chi connectivity index (χ0) is 14.5. The van der Waals surface area contributed by atoms with Gasteiger partial charge >= 0.3 is 5.97 Å². The van der Waals surface area contributed by atoms with Crippen molar-refractivity contribution >= 4 is 33.3 Å². The molecule has 0 fully saturated rings. The van der Waals surface area contributed by atoms with E-state index in [1.807, 2.05) is 0 Å². The number of halogens is 1. The van der Waals surface area contributed by atoms with Crippen molar-refractivity contribution in [2.45, 2.75) is 13.3 Å². The van der Waals surface area contributed by atoms with Crippen molar-refractivity contribution in [3.05, 3.63) is 35.0 Å². The minimum absolute atomic E-state index is 0.124. The molecular weight excluding hydrogens is 281 g/mol. The number of rotatable bonds is 5. The van der Waals surface area contributed by atoms with Crippen LogP contribution in [0.1, 0.15) is 23.0 Å². The average molecular weight is 295 g/mol. The first kappa shape index (κ1) is 14.5. The largest absolute Gasteiger partial charge is 0.466 e. The van der Waals surface area contributed by atoms with Crippen LogP contribution in [0.3, 0.4) is 0 Å². The smallest absolute Gasteiger partial charge is 0.307 e. The molecule has 0 spiro atoms. The summed E-state index contributed by atoms with van der Waals surface area (Å²) in [6.45, 7) is 2.25. The molecule has 0 saturated carbocycles. The summed E-state index contributed by atoms with van der Waals surface area (Å²) in [5, 5.41) is 3.05. The Morgan fingerprint density at radius 1 is 1.40 bits per heavy atom. The molecule has 20 heavy (non-hydrogen) atoms. The highest BCUT2D eigenvalue weighted by atomic mass is 32.1. The second-order valence-electron chi connectivity index (χ2n) is 4.07. The van der Waals surface area contributed by atoms with Crippen molar-refractivity contribution in [2.24, 2.45) is 0 Å². The molecule has 1 amide bonds. The Morgan fingerprint density at radius 2 is 2.20 bits per heavy atom. The number of thiophene rings is 1. The Bertz CT molecular complexity index is 638. The predicted octanol–water partition coefficient (Wildman–Crippen LogP) is 2.72. The van der Waals surface area contributed by atoms with Gasteiger partial charge in [-0.1, -0.05) is 6.07 Å². The van der Waals surface area contributed by atoms with Crippen molar-refractivity contribution in [3.8, 4) is 0 Å². The number of esters is 1. The van der Waals surface area contributed by atoms with Crippen molar-refractivity contribution in [1.29, 1.82) is 0 Å². The van der Waals surface area contributed by atoms with Crippen LogP contribution in [0.4, 0.5) is 4.39 Å². The van der Waals surface area contributed by atoms with Crippen molar-refractivity contribution in [2.75, 3.05) is 13.2 Å². The Labute approximate surface area is 119 Å². The fourth-order valence-electron chi connectivity index (χ4n) is 1.74. The number of benzene rings is 1. The SMILES string of the molecule is CCOC(=O)CCNC(=O)c1cc2c(F)cccc2s1. The van der Waals surface area contributed by atoms with Gasteiger partial charge in [-0.25, -0.2) is 4.39 Å². The molecule has 106 valence electrons. The number of carbonyl (C=O) groups excluding carboxylic acids is 2. The van der Waals surface area contributed by atoms with Crippen molar-refractivity contribution in [1.82, 2.24) is 5.32 Å². The van der Waals surface area contributed by atoms with E-state index >= 15 is 0 Å². The quantitative estimate of drug-likeness (QED) is 0.863. The van der Waals surface area contributed by atoms with Crippen LogP contribution in [0.5, 0.6) is 0 Å². The summed E-state index contributed by atoms with van der Waals surface area (Å²) in [5.41, 5.74) is 0. The van der Waals surface area contributed by atoms with Crippen LogP contribution in [-0.4, -0.2) is 25.0 Å². The molecule has 0 atom stereocenters. The number of amides is 1. The molecular formula is C14H14FNO3S. The lowest BCUT2D eigenvalue weighted by molar-refractivity contribution is -0.142. The molecule has 0 bridgehead atoms. The molecule has 1 heterocycles. The molecule has 2 aromatic rings. The van der Waals surface area contributed by atoms with Gasteiger partial charge in [0.15, 0.2) is 0 Å². The lowest BCUT2D eigenvalue weighted by atomic mass is 10.2. The van der Waals surface area contributed by atoms with Crippen LogP contribution >= 0.6 is 11.3 Å². The summed E-state index contributed by atoms with van der Waals surface area (Å²) in [4.78, 5) is 23.4. The monoisotopic (exact) mass is 295 g/mol. The van der Waals surface area contributed by atoms with Gasteiger partial charge in [0.25, 0.3) is 5.91 Å². The van der Waals surface area contributed by atoms with E-state index in [2.05, 4.69) is 5.32 Å². The van der Waals surface area contributed by atoms with Gasteiger partial charge < -0.3 is 10.1 Å². The van der Waals surface area contributed by atoms with E-state index in [4.69, 9.17) is 4.74 Å². The van der Waals surface area contributed by atoms with Gasteiger partial charge in [0.05, 0.1) is 17.9 Å². The maximum absolute atomic E-state index is 13.5. The molecule has 0 aliphatic heterocycles. The van der Waals surface area contributed by atoms with Gasteiger partial charge in [-0.2, -0.15) is 0 Å². The molecule has 0 radical (unpaired) electrons. The second kappa shape index (κ2) is 6.47. The third kappa shape index (κ3) is 3.33. The predicted molar refractivity (Wildman–Crippen MR) is 75.4 cm³/mol. The first-order valence-corrected chi connectivity index (χ1v) is 7.05. The summed E-state index contributed by atoms with van der Waals surface area (Å²) < 4.78 is 19.0. The van der Waals surface area contributed by atoms with Gasteiger partial charge in [0.1, 0.15) is 5.82 Å². The van der Waals surface area contributed by atoms with Crippen LogP contribution in [0.15, 0.2) is 24.3 Å². The highest BCUT2D eigenvalue weighted by Gasteiger charge is 2.12. The first-order chi connectivity index (χ1) is 9.61. The zero-order valence-electron chi connectivity index (χ0n) is 10.9. The molecule has 0 unspecified atom stereocenters. The number of ether oxygens (including phenoxy) is 1. The van der Waals surface area contributed by atoms with Gasteiger partial charge in [0, 0.05) is 16.6 Å². The van der Waals surface area contributed by atoms with Crippen LogP contribution in [0, 0.1) is 5.82 Å². The fraction of sp³-hybridized carbons (Fsp3) is 0.286. The second-order valence-corrected chi connectivity index (χ2v) is 5.16. The van der Waals surface area contributed by atoms with E-state index in [0.717, 1.165) is 4.70 Å². The molecule has 1 N–H and O–H groups in total. The molecule has 4 nitrogen and oxygen atoms in total. The summed E-state index contributed by atoms with van der Waals surface area (Å²) in [6.07, 6.45) is 0.124. The first-order valence-electron chi connectivity index (χ1n) is 6.23. The number of hydrogen-bond donors (Lipinski definition) is 1. The van der Waals surface area contributed by atoms with E-state index in [1.165, 1.54) is 23.5 Å². The van der Waals surface area contributed by atoms with Gasteiger partial charge in [0.2, 0.25) is 0 Å². The Hall–Kier alpha value is -1.95. The molecule has 6 heteroatoms. The van der Waals surface area contributed by atoms with Crippen molar-refractivity contribution < 1.29 is 18.7 Å². The van der Waals surface area contributed by atoms with E-state index in [0.29, 0.717) is 16.9 Å². The maximum Gasteiger partial charge on any atom is 0.307 e. The molecule has 0 aliphatic carbocycles. The lowest BCUT2D eigenvalue weighted by Gasteiger charge is -2.03. The van der Waals surface area contributed by atoms with E-state index in [1.54, 1.807) is 19.1 Å². The summed E-state index contributed by atoms with van der Waals surface area (Å²) >= 11 is 1.22. The average Bonchev–Trinajstić information content (AvgIpc) is 2.84. The molecule has 1 aromatic heterocycles. The van der Waals surface area contributed by atoms with Crippen LogP contribution in [0.2, 0.25) is 0 Å². The number of fused-ring (bicyclic) bond motifs is 1. The van der Waals surface area contributed by atoms with Crippen LogP contribution in [-0.2, 0) is 9.53 Å². The normalized spacial score (nSPS) is 10.5. The van der Waals surface area contributed by atoms with Crippen LogP contribution < -0.4 is 5.32 Å². The number of hydrogen-bond acceptors (Lipinski definition) is 4. The standard InChI is InChI=1S/C14H14FNO3S/c1-2-19-13(17)6-7-16-14(18)12-8-9-10(15)4-3-5-11(9)20-12/h3-5,8H,2,6-7H2,1H3,(H,16,18). The number of nitrogens with one attached hydrogen (secondary N) is 1. The van der Waals surface area contributed by atoms with Crippen molar-refractivity contribution in [3.63, 3.8) is 0 Å². The minimum atomic E-state index is -0.352. The number of carbonyl (C=O) groups is 2. The Morgan fingerprint density at radius 3 is 2.90 bits per heavy atom. The molecule has 1 aromatic carbocycles. The minimum Gasteiger partial charge on any atom is -0.466 e. The molecule has 2 rings (SSSR count). The fourth-order valence-corrected chi connectivity index (χ4v) is 2.73. The highest BCUT2D eigenvalue weighted by molar-refractivity contribution is 7.20. The molecule has 0 saturated heterocycles. The summed E-state index contributed by atoms with van der Waals surface area (Å²) in [7, 11) is 0. The third-order valence-corrected chi connectivity index (χ3v) is 3.75. The summed E-state index contributed by atoms with van der Waals surface area (Å²) in [6, 6.07) is 6.25. The Kier molecular flexibility index (Phi) is 4.68. The van der Waals surface area contributed by atoms with E-state index in [9.17, 15) is 14.0 Å². The topological polar surface area (TPSA) is 55.4 Å². The van der Waals surface area contributed by atoms with E-state index in [-0.39, 0.29) is 30.7 Å². The Balaban J connectivity index is 1.98. The van der Waals surface area contributed by atoms with E-state index < -0.39 is 0 Å². The van der Waals surface area contributed by atoms with Gasteiger partial charge in [-0.15, -0.1) is 11.3 Å². The van der Waals surface area contributed by atoms with Crippen LogP contribution in [0.25, 0.3) is 10.1 Å².